The molecule has 6 nitrogen and oxygen atoms in total. The Bertz CT molecular complexity index is 1180. The van der Waals surface area contributed by atoms with E-state index < -0.39 is 5.82 Å². The summed E-state index contributed by atoms with van der Waals surface area (Å²) in [6.07, 6.45) is 1.33. The van der Waals surface area contributed by atoms with Crippen molar-refractivity contribution >= 4 is 23.2 Å². The Balaban J connectivity index is 1.52. The van der Waals surface area contributed by atoms with Gasteiger partial charge in [0.25, 0.3) is 5.91 Å². The van der Waals surface area contributed by atoms with Gasteiger partial charge in [0, 0.05) is 37.2 Å². The molecule has 0 aliphatic carbocycles. The topological polar surface area (TPSA) is 59.1 Å². The summed E-state index contributed by atoms with van der Waals surface area (Å²) in [5.74, 6) is -0.276. The molecular formula is C28H31FN2O4S. The van der Waals surface area contributed by atoms with Crippen molar-refractivity contribution in [2.45, 2.75) is 25.8 Å². The van der Waals surface area contributed by atoms with Crippen molar-refractivity contribution in [3.05, 3.63) is 87.4 Å². The number of rotatable bonds is 10. The summed E-state index contributed by atoms with van der Waals surface area (Å²) in [5, 5.41) is 2.04. The van der Waals surface area contributed by atoms with E-state index in [0.717, 1.165) is 23.3 Å². The fraction of sp³-hybridized carbons (Fsp3) is 0.357. The van der Waals surface area contributed by atoms with Crippen LogP contribution in [0.15, 0.2) is 60.0 Å². The minimum Gasteiger partial charge on any atom is -0.491 e. The number of hydrogen-bond acceptors (Lipinski definition) is 5. The van der Waals surface area contributed by atoms with Crippen molar-refractivity contribution in [2.24, 2.45) is 0 Å². The minimum absolute atomic E-state index is 0.0977. The Morgan fingerprint density at radius 1 is 1.17 bits per heavy atom. The van der Waals surface area contributed by atoms with Crippen LogP contribution in [0.4, 0.5) is 4.39 Å². The molecule has 0 spiro atoms. The van der Waals surface area contributed by atoms with Gasteiger partial charge >= 0.3 is 0 Å². The molecule has 2 aromatic carbocycles. The molecule has 36 heavy (non-hydrogen) atoms. The van der Waals surface area contributed by atoms with E-state index >= 15 is 0 Å². The molecule has 1 aromatic heterocycles. The molecule has 2 amide bonds. The molecule has 2 heterocycles. The van der Waals surface area contributed by atoms with E-state index in [-0.39, 0.29) is 30.0 Å². The Hall–Kier alpha value is -3.23. The van der Waals surface area contributed by atoms with Crippen LogP contribution < -0.4 is 4.74 Å². The van der Waals surface area contributed by atoms with Gasteiger partial charge in [0.1, 0.15) is 24.7 Å². The van der Waals surface area contributed by atoms with E-state index in [1.807, 2.05) is 41.5 Å². The van der Waals surface area contributed by atoms with Gasteiger partial charge in [-0.05, 0) is 67.1 Å². The summed E-state index contributed by atoms with van der Waals surface area (Å²) >= 11 is 1.69. The molecule has 1 atom stereocenters. The van der Waals surface area contributed by atoms with Crippen LogP contribution in [0.1, 0.15) is 38.8 Å². The molecule has 190 valence electrons. The molecule has 0 fully saturated rings. The second kappa shape index (κ2) is 12.1. The highest BCUT2D eigenvalue weighted by Crippen LogP contribution is 2.34. The SMILES string of the molecule is COCCCN(CC(=O)N1CCc2sccc2[C@@H]1COc1ccc(C)cc1)C(=O)c1cccc(F)c1. The lowest BCUT2D eigenvalue weighted by atomic mass is 10.0. The average molecular weight is 511 g/mol. The first-order valence-electron chi connectivity index (χ1n) is 12.0. The molecule has 0 bridgehead atoms. The van der Waals surface area contributed by atoms with Gasteiger partial charge in [0.2, 0.25) is 5.91 Å². The molecule has 4 rings (SSSR count). The number of carbonyl (C=O) groups is 2. The second-order valence-corrected chi connectivity index (χ2v) is 9.86. The molecule has 0 saturated heterocycles. The quantitative estimate of drug-likeness (QED) is 0.365. The molecule has 1 aliphatic heterocycles. The van der Waals surface area contributed by atoms with Gasteiger partial charge in [-0.3, -0.25) is 9.59 Å². The largest absolute Gasteiger partial charge is 0.491 e. The fourth-order valence-corrected chi connectivity index (χ4v) is 5.32. The van der Waals surface area contributed by atoms with Crippen molar-refractivity contribution in [1.29, 1.82) is 0 Å². The highest BCUT2D eigenvalue weighted by atomic mass is 32.1. The molecule has 0 saturated carbocycles. The van der Waals surface area contributed by atoms with Gasteiger partial charge < -0.3 is 19.3 Å². The summed E-state index contributed by atoms with van der Waals surface area (Å²) in [5.41, 5.74) is 2.46. The summed E-state index contributed by atoms with van der Waals surface area (Å²) in [4.78, 5) is 31.4. The maximum Gasteiger partial charge on any atom is 0.254 e. The number of hydrogen-bond donors (Lipinski definition) is 0. The van der Waals surface area contributed by atoms with Crippen molar-refractivity contribution in [2.75, 3.05) is 40.0 Å². The predicted molar refractivity (Wildman–Crippen MR) is 138 cm³/mol. The van der Waals surface area contributed by atoms with Crippen molar-refractivity contribution < 1.29 is 23.5 Å². The van der Waals surface area contributed by atoms with Crippen LogP contribution in [0.2, 0.25) is 0 Å². The standard InChI is InChI=1S/C28H31FN2O4S/c1-20-7-9-23(10-8-20)35-19-25-24-12-16-36-26(24)11-14-31(25)27(32)18-30(13-4-15-34-2)28(33)21-5-3-6-22(29)17-21/h3,5-10,12,16-17,25H,4,11,13-15,18-19H2,1-2H3/t25-/m0/s1. The molecule has 0 radical (unpaired) electrons. The number of nitrogens with zero attached hydrogens (tertiary/aromatic N) is 2. The number of halogens is 1. The lowest BCUT2D eigenvalue weighted by Crippen LogP contribution is -2.48. The van der Waals surface area contributed by atoms with E-state index in [4.69, 9.17) is 9.47 Å². The van der Waals surface area contributed by atoms with E-state index in [1.54, 1.807) is 24.5 Å². The van der Waals surface area contributed by atoms with Crippen molar-refractivity contribution in [1.82, 2.24) is 9.80 Å². The van der Waals surface area contributed by atoms with Crippen LogP contribution in [0, 0.1) is 12.7 Å². The Morgan fingerprint density at radius 2 is 1.97 bits per heavy atom. The van der Waals surface area contributed by atoms with Crippen molar-refractivity contribution in [3.63, 3.8) is 0 Å². The van der Waals surface area contributed by atoms with E-state index in [0.29, 0.717) is 32.7 Å². The highest BCUT2D eigenvalue weighted by molar-refractivity contribution is 7.10. The van der Waals surface area contributed by atoms with Gasteiger partial charge in [-0.15, -0.1) is 11.3 Å². The Morgan fingerprint density at radius 3 is 2.72 bits per heavy atom. The van der Waals surface area contributed by atoms with Crippen LogP contribution in [-0.4, -0.2) is 61.6 Å². The summed E-state index contributed by atoms with van der Waals surface area (Å²) < 4.78 is 25.0. The summed E-state index contributed by atoms with van der Waals surface area (Å²) in [6.45, 7) is 3.58. The van der Waals surface area contributed by atoms with Crippen LogP contribution in [0.25, 0.3) is 0 Å². The highest BCUT2D eigenvalue weighted by Gasteiger charge is 2.33. The molecule has 3 aromatic rings. The predicted octanol–water partition coefficient (Wildman–Crippen LogP) is 4.88. The van der Waals surface area contributed by atoms with Gasteiger partial charge in [0.15, 0.2) is 0 Å². The summed E-state index contributed by atoms with van der Waals surface area (Å²) in [7, 11) is 1.59. The van der Waals surface area contributed by atoms with Crippen molar-refractivity contribution in [3.8, 4) is 5.75 Å². The molecule has 0 unspecified atom stereocenters. The third-order valence-corrected chi connectivity index (χ3v) is 7.30. The zero-order valence-corrected chi connectivity index (χ0v) is 21.4. The monoisotopic (exact) mass is 510 g/mol. The van der Waals surface area contributed by atoms with E-state index in [9.17, 15) is 14.0 Å². The molecule has 0 N–H and O–H groups in total. The minimum atomic E-state index is -0.488. The number of thiophene rings is 1. The van der Waals surface area contributed by atoms with Crippen LogP contribution in [0.3, 0.4) is 0 Å². The van der Waals surface area contributed by atoms with Gasteiger partial charge in [-0.1, -0.05) is 23.8 Å². The number of amides is 2. The fourth-order valence-electron chi connectivity index (χ4n) is 4.39. The first kappa shape index (κ1) is 25.9. The third kappa shape index (κ3) is 6.30. The Kier molecular flexibility index (Phi) is 8.72. The van der Waals surface area contributed by atoms with Crippen LogP contribution in [0.5, 0.6) is 5.75 Å². The van der Waals surface area contributed by atoms with Crippen LogP contribution >= 0.6 is 11.3 Å². The van der Waals surface area contributed by atoms with Crippen LogP contribution in [-0.2, 0) is 16.0 Å². The van der Waals surface area contributed by atoms with Gasteiger partial charge in [-0.25, -0.2) is 4.39 Å². The smallest absolute Gasteiger partial charge is 0.254 e. The maximum atomic E-state index is 13.8. The first-order chi connectivity index (χ1) is 17.5. The number of fused-ring (bicyclic) bond motifs is 1. The molecule has 8 heteroatoms. The van der Waals surface area contributed by atoms with E-state index in [2.05, 4.69) is 6.07 Å². The average Bonchev–Trinajstić information content (AvgIpc) is 3.36. The molecular weight excluding hydrogens is 479 g/mol. The van der Waals surface area contributed by atoms with Gasteiger partial charge in [0.05, 0.1) is 6.04 Å². The second-order valence-electron chi connectivity index (χ2n) is 8.86. The zero-order valence-electron chi connectivity index (χ0n) is 20.6. The number of carbonyl (C=O) groups excluding carboxylic acids is 2. The lowest BCUT2D eigenvalue weighted by Gasteiger charge is -2.37. The number of benzene rings is 2. The third-order valence-electron chi connectivity index (χ3n) is 6.31. The van der Waals surface area contributed by atoms with E-state index in [1.165, 1.54) is 28.0 Å². The summed E-state index contributed by atoms with van der Waals surface area (Å²) in [6, 6.07) is 15.2. The first-order valence-corrected chi connectivity index (χ1v) is 12.9. The Labute approximate surface area is 215 Å². The number of aryl methyl sites for hydroxylation is 1. The number of methoxy groups -OCH3 is 1. The number of ether oxygens (including phenoxy) is 2. The maximum absolute atomic E-state index is 13.8. The zero-order chi connectivity index (χ0) is 25.5. The van der Waals surface area contributed by atoms with Gasteiger partial charge in [-0.2, -0.15) is 0 Å². The normalized spacial score (nSPS) is 14.9. The molecule has 1 aliphatic rings. The lowest BCUT2D eigenvalue weighted by molar-refractivity contribution is -0.135.